The van der Waals surface area contributed by atoms with E-state index in [9.17, 15) is 9.59 Å². The topological polar surface area (TPSA) is 128 Å². The molecule has 11 nitrogen and oxygen atoms in total. The lowest BCUT2D eigenvalue weighted by atomic mass is 10.3. The quantitative estimate of drug-likeness (QED) is 0.170. The molecule has 0 aromatic carbocycles. The van der Waals surface area contributed by atoms with Crippen molar-refractivity contribution in [3.8, 4) is 0 Å². The number of Topliss-reactive ketones (excluding diaryl/α,β-unsaturated/α-hetero) is 1. The second-order valence-corrected chi connectivity index (χ2v) is 6.49. The smallest absolute Gasteiger partial charge is 0.305 e. The number of ether oxygens (including phenoxy) is 8. The molecule has 0 atom stereocenters. The summed E-state index contributed by atoms with van der Waals surface area (Å²) in [7, 11) is 0. The number of carbonyl (C=O) groups excluding carboxylic acids is 1. The molecule has 0 bridgehead atoms. The normalized spacial score (nSPS) is 11.2. The summed E-state index contributed by atoms with van der Waals surface area (Å²) in [6, 6.07) is 0. The van der Waals surface area contributed by atoms with Gasteiger partial charge in [-0.3, -0.25) is 9.59 Å². The molecule has 0 aromatic rings. The minimum atomic E-state index is -0.874. The van der Waals surface area contributed by atoms with E-state index >= 15 is 0 Å². The Morgan fingerprint density at radius 3 is 0.875 bits per heavy atom. The monoisotopic (exact) mass is 468 g/mol. The third-order valence-electron chi connectivity index (χ3n) is 3.66. The summed E-state index contributed by atoms with van der Waals surface area (Å²) >= 11 is 0. The van der Waals surface area contributed by atoms with Crippen molar-refractivity contribution < 1.29 is 52.6 Å². The highest BCUT2D eigenvalue weighted by Crippen LogP contribution is 1.87. The molecule has 0 radical (unpaired) electrons. The van der Waals surface area contributed by atoms with E-state index < -0.39 is 5.97 Å². The van der Waals surface area contributed by atoms with Gasteiger partial charge in [0.1, 0.15) is 5.78 Å². The molecule has 0 heterocycles. The summed E-state index contributed by atoms with van der Waals surface area (Å²) in [5, 5.41) is 8.44. The van der Waals surface area contributed by atoms with Gasteiger partial charge in [-0.05, 0) is 6.92 Å². The van der Waals surface area contributed by atoms with E-state index in [2.05, 4.69) is 0 Å². The van der Waals surface area contributed by atoms with Gasteiger partial charge in [-0.1, -0.05) is 0 Å². The van der Waals surface area contributed by atoms with E-state index in [-0.39, 0.29) is 18.8 Å². The average molecular weight is 469 g/mol. The van der Waals surface area contributed by atoms with Crippen LogP contribution in [-0.2, 0) is 47.5 Å². The highest BCUT2D eigenvalue weighted by atomic mass is 16.6. The minimum Gasteiger partial charge on any atom is -0.481 e. The van der Waals surface area contributed by atoms with Crippen LogP contribution in [0.4, 0.5) is 0 Å². The molecule has 0 saturated heterocycles. The molecular formula is C21H40O11. The average Bonchev–Trinajstić information content (AvgIpc) is 2.75. The number of rotatable bonds is 27. The van der Waals surface area contributed by atoms with Crippen LogP contribution in [0.3, 0.4) is 0 Å². The summed E-state index contributed by atoms with van der Waals surface area (Å²) in [5.41, 5.74) is 0. The van der Waals surface area contributed by atoms with Crippen LogP contribution < -0.4 is 0 Å². The number of carboxylic acid groups (broad SMARTS) is 1. The van der Waals surface area contributed by atoms with Gasteiger partial charge in [-0.15, -0.1) is 0 Å². The highest BCUT2D eigenvalue weighted by molar-refractivity contribution is 5.75. The van der Waals surface area contributed by atoms with Crippen LogP contribution in [0.2, 0.25) is 0 Å². The van der Waals surface area contributed by atoms with Gasteiger partial charge in [0.2, 0.25) is 0 Å². The third-order valence-corrected chi connectivity index (χ3v) is 3.66. The SMILES string of the molecule is CC(=O)CCOCCOCCOCCOCCOCCOCCOCCOCCC(=O)O. The lowest BCUT2D eigenvalue weighted by molar-refractivity contribution is -0.138. The zero-order valence-electron chi connectivity index (χ0n) is 19.3. The molecule has 0 aliphatic heterocycles. The Morgan fingerprint density at radius 1 is 0.438 bits per heavy atom. The fourth-order valence-corrected chi connectivity index (χ4v) is 2.02. The van der Waals surface area contributed by atoms with E-state index in [4.69, 9.17) is 43.0 Å². The molecule has 190 valence electrons. The summed E-state index contributed by atoms with van der Waals surface area (Å²) in [4.78, 5) is 21.0. The van der Waals surface area contributed by atoms with Gasteiger partial charge in [-0.2, -0.15) is 0 Å². The molecule has 11 heteroatoms. The first-order valence-electron chi connectivity index (χ1n) is 11.0. The first-order valence-corrected chi connectivity index (χ1v) is 11.0. The van der Waals surface area contributed by atoms with E-state index in [0.29, 0.717) is 106 Å². The zero-order valence-corrected chi connectivity index (χ0v) is 19.3. The number of ketones is 1. The molecule has 0 aliphatic rings. The maximum absolute atomic E-state index is 10.7. The first-order chi connectivity index (χ1) is 15.6. The van der Waals surface area contributed by atoms with E-state index in [1.54, 1.807) is 6.92 Å². The van der Waals surface area contributed by atoms with Crippen molar-refractivity contribution in [3.05, 3.63) is 0 Å². The van der Waals surface area contributed by atoms with Crippen molar-refractivity contribution in [1.82, 2.24) is 0 Å². The maximum Gasteiger partial charge on any atom is 0.305 e. The fourth-order valence-electron chi connectivity index (χ4n) is 2.02. The molecule has 0 saturated carbocycles. The Labute approximate surface area is 190 Å². The molecule has 0 amide bonds. The Balaban J connectivity index is 3.02. The number of aliphatic carboxylic acids is 1. The Bertz CT molecular complexity index is 383. The highest BCUT2D eigenvalue weighted by Gasteiger charge is 1.97. The number of carbonyl (C=O) groups is 2. The fraction of sp³-hybridized carbons (Fsp3) is 0.905. The van der Waals surface area contributed by atoms with Crippen LogP contribution in [-0.4, -0.2) is 123 Å². The standard InChI is InChI=1S/C21H40O11/c1-20(22)2-4-25-6-8-27-10-12-29-14-16-31-18-19-32-17-15-30-13-11-28-9-7-26-5-3-21(23)24/h2-19H2,1H3,(H,23,24). The predicted octanol–water partition coefficient (Wildman–Crippen LogP) is 0.573. The Morgan fingerprint density at radius 2 is 0.656 bits per heavy atom. The first kappa shape index (κ1) is 30.8. The summed E-state index contributed by atoms with van der Waals surface area (Å²) in [6.45, 7) is 8.72. The van der Waals surface area contributed by atoms with Gasteiger partial charge in [0, 0.05) is 6.42 Å². The van der Waals surface area contributed by atoms with Crippen LogP contribution in [0.5, 0.6) is 0 Å². The van der Waals surface area contributed by atoms with Crippen molar-refractivity contribution in [1.29, 1.82) is 0 Å². The van der Waals surface area contributed by atoms with Crippen molar-refractivity contribution in [2.75, 3.05) is 106 Å². The van der Waals surface area contributed by atoms with E-state index in [1.165, 1.54) is 0 Å². The second-order valence-electron chi connectivity index (χ2n) is 6.49. The molecule has 0 aromatic heterocycles. The van der Waals surface area contributed by atoms with Crippen LogP contribution in [0.15, 0.2) is 0 Å². The Hall–Kier alpha value is -1.18. The van der Waals surface area contributed by atoms with Crippen molar-refractivity contribution >= 4 is 11.8 Å². The molecule has 0 rings (SSSR count). The molecule has 0 spiro atoms. The van der Waals surface area contributed by atoms with Gasteiger partial charge in [-0.25, -0.2) is 0 Å². The minimum absolute atomic E-state index is 0.0000866. The van der Waals surface area contributed by atoms with Gasteiger partial charge in [0.15, 0.2) is 0 Å². The van der Waals surface area contributed by atoms with Crippen LogP contribution in [0.25, 0.3) is 0 Å². The maximum atomic E-state index is 10.7. The Kier molecular flexibility index (Phi) is 25.1. The van der Waals surface area contributed by atoms with Crippen LogP contribution in [0, 0.1) is 0 Å². The van der Waals surface area contributed by atoms with Crippen molar-refractivity contribution in [2.45, 2.75) is 19.8 Å². The van der Waals surface area contributed by atoms with E-state index in [1.807, 2.05) is 0 Å². The molecule has 1 N–H and O–H groups in total. The van der Waals surface area contributed by atoms with Gasteiger partial charge in [0.25, 0.3) is 0 Å². The molecule has 0 fully saturated rings. The second kappa shape index (κ2) is 26.1. The molecule has 32 heavy (non-hydrogen) atoms. The van der Waals surface area contributed by atoms with Crippen LogP contribution in [0.1, 0.15) is 19.8 Å². The van der Waals surface area contributed by atoms with Gasteiger partial charge >= 0.3 is 5.97 Å². The van der Waals surface area contributed by atoms with Gasteiger partial charge < -0.3 is 43.0 Å². The van der Waals surface area contributed by atoms with Crippen LogP contribution >= 0.6 is 0 Å². The number of carboxylic acids is 1. The summed E-state index contributed by atoms with van der Waals surface area (Å²) in [6.07, 6.45) is 0.439. The summed E-state index contributed by atoms with van der Waals surface area (Å²) < 4.78 is 42.5. The number of hydrogen-bond acceptors (Lipinski definition) is 10. The zero-order chi connectivity index (χ0) is 23.5. The lowest BCUT2D eigenvalue weighted by Gasteiger charge is -2.08. The van der Waals surface area contributed by atoms with E-state index in [0.717, 1.165) is 0 Å². The molecule has 0 aliphatic carbocycles. The van der Waals surface area contributed by atoms with Crippen molar-refractivity contribution in [2.24, 2.45) is 0 Å². The molecular weight excluding hydrogens is 428 g/mol. The summed E-state index contributed by atoms with van der Waals surface area (Å²) in [5.74, 6) is -0.752. The predicted molar refractivity (Wildman–Crippen MR) is 114 cm³/mol. The molecule has 0 unspecified atom stereocenters. The lowest BCUT2D eigenvalue weighted by Crippen LogP contribution is -2.15. The largest absolute Gasteiger partial charge is 0.481 e. The number of hydrogen-bond donors (Lipinski definition) is 1. The third kappa shape index (κ3) is 28.8. The van der Waals surface area contributed by atoms with Crippen molar-refractivity contribution in [3.63, 3.8) is 0 Å². The van der Waals surface area contributed by atoms with Gasteiger partial charge in [0.05, 0.1) is 112 Å².